The molecule has 0 aliphatic carbocycles. The van der Waals surface area contributed by atoms with E-state index in [-0.39, 0.29) is 0 Å². The first-order valence-corrected chi connectivity index (χ1v) is 7.02. The van der Waals surface area contributed by atoms with Crippen molar-refractivity contribution in [3.63, 3.8) is 0 Å². The largest absolute Gasteiger partial charge is 0.489 e. The zero-order chi connectivity index (χ0) is 15.1. The van der Waals surface area contributed by atoms with Gasteiger partial charge in [-0.1, -0.05) is 19.1 Å². The number of nitrogens with one attached hydrogen (secondary N) is 1. The van der Waals surface area contributed by atoms with E-state index in [2.05, 4.69) is 29.4 Å². The minimum absolute atomic E-state index is 0.373. The van der Waals surface area contributed by atoms with E-state index in [4.69, 9.17) is 10.00 Å². The van der Waals surface area contributed by atoms with Gasteiger partial charge in [0.05, 0.1) is 0 Å². The number of ether oxygens (including phenoxy) is 1. The van der Waals surface area contributed by atoms with E-state index < -0.39 is 0 Å². The molecule has 0 aliphatic heterocycles. The fourth-order valence-electron chi connectivity index (χ4n) is 2.19. The summed E-state index contributed by atoms with van der Waals surface area (Å²) in [4.78, 5) is 3.94. The number of hydrogen-bond acceptors (Lipinski definition) is 4. The van der Waals surface area contributed by atoms with Crippen LogP contribution < -0.4 is 10.1 Å². The monoisotopic (exact) mass is 281 g/mol. The summed E-state index contributed by atoms with van der Waals surface area (Å²) in [6.45, 7) is 2.58. The van der Waals surface area contributed by atoms with E-state index in [1.165, 1.54) is 5.56 Å². The van der Waals surface area contributed by atoms with Crippen molar-refractivity contribution >= 4 is 0 Å². The Morgan fingerprint density at radius 1 is 1.29 bits per heavy atom. The highest BCUT2D eigenvalue weighted by Gasteiger charge is 2.06. The Balaban J connectivity index is 1.99. The minimum Gasteiger partial charge on any atom is -0.489 e. The van der Waals surface area contributed by atoms with Crippen molar-refractivity contribution in [3.05, 3.63) is 59.4 Å². The van der Waals surface area contributed by atoms with Crippen LogP contribution in [0.25, 0.3) is 0 Å². The third-order valence-electron chi connectivity index (χ3n) is 3.38. The van der Waals surface area contributed by atoms with E-state index in [1.54, 1.807) is 12.3 Å². The lowest BCUT2D eigenvalue weighted by atomic mass is 10.0. The highest BCUT2D eigenvalue weighted by molar-refractivity contribution is 5.30. The summed E-state index contributed by atoms with van der Waals surface area (Å²) in [6.07, 6.45) is 2.67. The molecule has 1 N–H and O–H groups in total. The molecule has 0 spiro atoms. The van der Waals surface area contributed by atoms with Crippen molar-refractivity contribution in [1.82, 2.24) is 10.3 Å². The van der Waals surface area contributed by atoms with E-state index in [1.807, 2.05) is 31.3 Å². The van der Waals surface area contributed by atoms with Crippen molar-refractivity contribution in [2.75, 3.05) is 7.05 Å². The quantitative estimate of drug-likeness (QED) is 0.883. The number of pyridine rings is 1. The Labute approximate surface area is 125 Å². The van der Waals surface area contributed by atoms with Gasteiger partial charge >= 0.3 is 0 Å². The number of aromatic nitrogens is 1. The Morgan fingerprint density at radius 3 is 2.67 bits per heavy atom. The van der Waals surface area contributed by atoms with Crippen molar-refractivity contribution in [3.8, 4) is 11.8 Å². The highest BCUT2D eigenvalue weighted by atomic mass is 16.5. The van der Waals surface area contributed by atoms with Gasteiger partial charge < -0.3 is 10.1 Å². The summed E-state index contributed by atoms with van der Waals surface area (Å²) in [6, 6.07) is 14.1. The molecular weight excluding hydrogens is 262 g/mol. The van der Waals surface area contributed by atoms with E-state index >= 15 is 0 Å². The van der Waals surface area contributed by atoms with Crippen molar-refractivity contribution in [2.45, 2.75) is 26.0 Å². The molecule has 0 bridgehead atoms. The molecule has 0 saturated heterocycles. The molecule has 108 valence electrons. The lowest BCUT2D eigenvalue weighted by Crippen LogP contribution is -2.14. The molecule has 0 saturated carbocycles. The van der Waals surface area contributed by atoms with Gasteiger partial charge in [0.15, 0.2) is 0 Å². The van der Waals surface area contributed by atoms with Crippen molar-refractivity contribution < 1.29 is 4.74 Å². The summed E-state index contributed by atoms with van der Waals surface area (Å²) in [7, 11) is 1.97. The van der Waals surface area contributed by atoms with E-state index in [0.29, 0.717) is 18.3 Å². The van der Waals surface area contributed by atoms with Crippen molar-refractivity contribution in [1.29, 1.82) is 5.26 Å². The molecule has 4 nitrogen and oxygen atoms in total. The number of nitrogens with zero attached hydrogens (tertiary/aromatic N) is 2. The first-order valence-electron chi connectivity index (χ1n) is 7.02. The zero-order valence-corrected chi connectivity index (χ0v) is 12.3. The SMILES string of the molecule is CCC(NC)c1ccc(OCc2ccnc(C#N)c2)cc1. The lowest BCUT2D eigenvalue weighted by Gasteiger charge is -2.14. The topological polar surface area (TPSA) is 57.9 Å². The van der Waals surface area contributed by atoms with Gasteiger partial charge in [0.1, 0.15) is 24.1 Å². The molecule has 1 atom stereocenters. The van der Waals surface area contributed by atoms with Gasteiger partial charge in [0.25, 0.3) is 0 Å². The lowest BCUT2D eigenvalue weighted by molar-refractivity contribution is 0.306. The molecule has 1 aromatic heterocycles. The van der Waals surface area contributed by atoms with Crippen LogP contribution in [0.5, 0.6) is 5.75 Å². The fourth-order valence-corrected chi connectivity index (χ4v) is 2.19. The number of nitriles is 1. The molecule has 1 heterocycles. The van der Waals surface area contributed by atoms with Crippen LogP contribution in [0.3, 0.4) is 0 Å². The molecule has 0 fully saturated rings. The molecule has 21 heavy (non-hydrogen) atoms. The Bertz CT molecular complexity index is 613. The van der Waals surface area contributed by atoms with Gasteiger partial charge in [-0.25, -0.2) is 4.98 Å². The standard InChI is InChI=1S/C17H19N3O/c1-3-17(19-2)14-4-6-16(7-5-14)21-12-13-8-9-20-15(10-13)11-18/h4-10,17,19H,3,12H2,1-2H3. The average Bonchev–Trinajstić information content (AvgIpc) is 2.55. The van der Waals surface area contributed by atoms with Gasteiger partial charge in [-0.3, -0.25) is 0 Å². The van der Waals surface area contributed by atoms with Crippen LogP contribution in [0.4, 0.5) is 0 Å². The second-order valence-corrected chi connectivity index (χ2v) is 4.77. The molecule has 0 aliphatic rings. The Kier molecular flexibility index (Phi) is 5.30. The maximum atomic E-state index is 8.82. The van der Waals surface area contributed by atoms with Gasteiger partial charge in [-0.05, 0) is 48.9 Å². The van der Waals surface area contributed by atoms with Gasteiger partial charge in [-0.2, -0.15) is 5.26 Å². The average molecular weight is 281 g/mol. The second-order valence-electron chi connectivity index (χ2n) is 4.77. The molecule has 0 amide bonds. The molecule has 1 unspecified atom stereocenters. The first kappa shape index (κ1) is 15.0. The van der Waals surface area contributed by atoms with Gasteiger partial charge in [-0.15, -0.1) is 0 Å². The summed E-state index contributed by atoms with van der Waals surface area (Å²) in [5.41, 5.74) is 2.60. The number of benzene rings is 1. The molecular formula is C17H19N3O. The number of rotatable bonds is 6. The second kappa shape index (κ2) is 7.41. The normalized spacial score (nSPS) is 11.7. The fraction of sp³-hybridized carbons (Fsp3) is 0.294. The Morgan fingerprint density at radius 2 is 2.05 bits per heavy atom. The predicted octanol–water partition coefficient (Wildman–Crippen LogP) is 3.20. The predicted molar refractivity (Wildman–Crippen MR) is 81.8 cm³/mol. The highest BCUT2D eigenvalue weighted by Crippen LogP contribution is 2.20. The zero-order valence-electron chi connectivity index (χ0n) is 12.3. The summed E-state index contributed by atoms with van der Waals surface area (Å²) >= 11 is 0. The number of hydrogen-bond donors (Lipinski definition) is 1. The summed E-state index contributed by atoms with van der Waals surface area (Å²) in [5, 5.41) is 12.1. The van der Waals surface area contributed by atoms with Crippen LogP contribution in [0.15, 0.2) is 42.6 Å². The summed E-state index contributed by atoms with van der Waals surface area (Å²) < 4.78 is 5.74. The van der Waals surface area contributed by atoms with Crippen LogP contribution in [0.2, 0.25) is 0 Å². The molecule has 4 heteroatoms. The van der Waals surface area contributed by atoms with Crippen LogP contribution in [-0.4, -0.2) is 12.0 Å². The van der Waals surface area contributed by atoms with Gasteiger partial charge in [0.2, 0.25) is 0 Å². The van der Waals surface area contributed by atoms with E-state index in [0.717, 1.165) is 17.7 Å². The third kappa shape index (κ3) is 4.04. The van der Waals surface area contributed by atoms with Crippen LogP contribution >= 0.6 is 0 Å². The van der Waals surface area contributed by atoms with Crippen LogP contribution in [0.1, 0.15) is 36.2 Å². The van der Waals surface area contributed by atoms with Crippen LogP contribution in [0, 0.1) is 11.3 Å². The van der Waals surface area contributed by atoms with E-state index in [9.17, 15) is 0 Å². The molecule has 2 rings (SSSR count). The summed E-state index contributed by atoms with van der Waals surface area (Å²) in [5.74, 6) is 0.819. The van der Waals surface area contributed by atoms with Crippen molar-refractivity contribution in [2.24, 2.45) is 0 Å². The van der Waals surface area contributed by atoms with Crippen LogP contribution in [-0.2, 0) is 6.61 Å². The maximum Gasteiger partial charge on any atom is 0.140 e. The smallest absolute Gasteiger partial charge is 0.140 e. The Hall–Kier alpha value is -2.38. The van der Waals surface area contributed by atoms with Gasteiger partial charge in [0, 0.05) is 12.2 Å². The molecule has 0 radical (unpaired) electrons. The first-order chi connectivity index (χ1) is 10.3. The minimum atomic E-state index is 0.373. The maximum absolute atomic E-state index is 8.82. The molecule has 1 aromatic carbocycles. The third-order valence-corrected chi connectivity index (χ3v) is 3.38. The molecule has 2 aromatic rings.